The Kier molecular flexibility index (Phi) is 6.60. The van der Waals surface area contributed by atoms with Gasteiger partial charge in [-0.15, -0.1) is 0 Å². The molecule has 5 rings (SSSR count). The van der Waals surface area contributed by atoms with E-state index in [2.05, 4.69) is 15.3 Å². The first-order valence-corrected chi connectivity index (χ1v) is 12.5. The van der Waals surface area contributed by atoms with Gasteiger partial charge in [0, 0.05) is 36.9 Å². The van der Waals surface area contributed by atoms with E-state index in [-0.39, 0.29) is 33.5 Å². The fourth-order valence-electron chi connectivity index (χ4n) is 4.78. The normalized spacial score (nSPS) is 16.5. The van der Waals surface area contributed by atoms with Gasteiger partial charge in [0.15, 0.2) is 0 Å². The van der Waals surface area contributed by atoms with Gasteiger partial charge in [0.05, 0.1) is 22.0 Å². The Labute approximate surface area is 223 Å². The van der Waals surface area contributed by atoms with E-state index in [0.717, 1.165) is 23.1 Å². The highest BCUT2D eigenvalue weighted by molar-refractivity contribution is 6.31. The molecule has 0 radical (unpaired) electrons. The number of hydrogen-bond donors (Lipinski definition) is 1. The number of nitrogens with one attached hydrogen (secondary N) is 1. The molecule has 0 unspecified atom stereocenters. The van der Waals surface area contributed by atoms with E-state index in [4.69, 9.17) is 23.2 Å². The van der Waals surface area contributed by atoms with Crippen molar-refractivity contribution in [3.63, 3.8) is 0 Å². The summed E-state index contributed by atoms with van der Waals surface area (Å²) >= 11 is 12.8. The van der Waals surface area contributed by atoms with E-state index < -0.39 is 11.7 Å². The minimum absolute atomic E-state index is 0.0847. The Bertz CT molecular complexity index is 1620. The molecule has 1 fully saturated rings. The lowest BCUT2D eigenvalue weighted by atomic mass is 10.0. The fraction of sp³-hybridized carbons (Fsp3) is 0.214. The van der Waals surface area contributed by atoms with Crippen LogP contribution >= 0.6 is 23.2 Å². The third-order valence-corrected chi connectivity index (χ3v) is 7.35. The van der Waals surface area contributed by atoms with Gasteiger partial charge in [0.2, 0.25) is 0 Å². The smallest absolute Gasteiger partial charge is 0.274 e. The molecule has 1 saturated carbocycles. The second-order valence-electron chi connectivity index (χ2n) is 9.18. The SMILES string of the molecule is CNC(=O)c1cccc(-c2cc(-n3c(C)cc([C@H]4C[C@@H]4c4cncc(Cl)c4)c(Cl)c3=O)c(C)cn2)c1F. The number of pyridine rings is 3. The van der Waals surface area contributed by atoms with E-state index in [0.29, 0.717) is 22.1 Å². The van der Waals surface area contributed by atoms with Crippen LogP contribution in [0.15, 0.2) is 59.8 Å². The summed E-state index contributed by atoms with van der Waals surface area (Å²) in [4.78, 5) is 34.1. The van der Waals surface area contributed by atoms with Crippen molar-refractivity contribution in [2.24, 2.45) is 0 Å². The summed E-state index contributed by atoms with van der Waals surface area (Å²) in [6, 6.07) is 10.0. The Morgan fingerprint density at radius 1 is 1.11 bits per heavy atom. The number of carbonyl (C=O) groups excluding carboxylic acids is 1. The molecule has 188 valence electrons. The quantitative estimate of drug-likeness (QED) is 0.340. The van der Waals surface area contributed by atoms with Crippen LogP contribution in [0.3, 0.4) is 0 Å². The molecule has 3 aromatic heterocycles. The maximum absolute atomic E-state index is 15.2. The van der Waals surface area contributed by atoms with Crippen molar-refractivity contribution in [3.8, 4) is 16.9 Å². The third-order valence-electron chi connectivity index (χ3n) is 6.77. The van der Waals surface area contributed by atoms with E-state index >= 15 is 4.39 Å². The summed E-state index contributed by atoms with van der Waals surface area (Å²) in [5, 5.41) is 3.16. The highest BCUT2D eigenvalue weighted by atomic mass is 35.5. The van der Waals surface area contributed by atoms with Crippen LogP contribution in [0, 0.1) is 19.7 Å². The van der Waals surface area contributed by atoms with Crippen LogP contribution < -0.4 is 10.9 Å². The molecule has 2 atom stereocenters. The summed E-state index contributed by atoms with van der Waals surface area (Å²) in [7, 11) is 1.44. The van der Waals surface area contributed by atoms with Gasteiger partial charge in [-0.3, -0.25) is 24.1 Å². The lowest BCUT2D eigenvalue weighted by Crippen LogP contribution is -2.23. The van der Waals surface area contributed by atoms with Crippen molar-refractivity contribution in [2.75, 3.05) is 7.05 Å². The van der Waals surface area contributed by atoms with Gasteiger partial charge in [0.25, 0.3) is 11.5 Å². The molecule has 6 nitrogen and oxygen atoms in total. The molecule has 1 N–H and O–H groups in total. The van der Waals surface area contributed by atoms with Gasteiger partial charge < -0.3 is 5.32 Å². The highest BCUT2D eigenvalue weighted by Crippen LogP contribution is 2.56. The van der Waals surface area contributed by atoms with Gasteiger partial charge in [-0.25, -0.2) is 4.39 Å². The topological polar surface area (TPSA) is 76.9 Å². The molecule has 3 heterocycles. The average molecular weight is 537 g/mol. The van der Waals surface area contributed by atoms with Crippen molar-refractivity contribution >= 4 is 29.1 Å². The molecule has 1 amide bonds. The third kappa shape index (κ3) is 4.54. The molecule has 1 aromatic carbocycles. The Balaban J connectivity index is 1.56. The zero-order valence-electron chi connectivity index (χ0n) is 20.3. The second-order valence-corrected chi connectivity index (χ2v) is 10.00. The van der Waals surface area contributed by atoms with Crippen molar-refractivity contribution in [3.05, 3.63) is 109 Å². The summed E-state index contributed by atoms with van der Waals surface area (Å²) in [6.07, 6.45) is 5.81. The molecular formula is C28H23Cl2FN4O2. The maximum atomic E-state index is 15.2. The van der Waals surface area contributed by atoms with Crippen LogP contribution in [0.25, 0.3) is 16.9 Å². The number of carbonyl (C=O) groups is 1. The van der Waals surface area contributed by atoms with Gasteiger partial charge >= 0.3 is 0 Å². The molecule has 4 aromatic rings. The Morgan fingerprint density at radius 2 is 1.89 bits per heavy atom. The second kappa shape index (κ2) is 9.72. The summed E-state index contributed by atoms with van der Waals surface area (Å²) in [5.74, 6) is -0.919. The van der Waals surface area contributed by atoms with Crippen LogP contribution in [-0.4, -0.2) is 27.5 Å². The summed E-state index contributed by atoms with van der Waals surface area (Å²) in [6.45, 7) is 3.66. The maximum Gasteiger partial charge on any atom is 0.274 e. The number of benzene rings is 1. The van der Waals surface area contributed by atoms with Crippen molar-refractivity contribution in [1.82, 2.24) is 19.9 Å². The number of amides is 1. The first-order valence-electron chi connectivity index (χ1n) is 11.7. The predicted molar refractivity (Wildman–Crippen MR) is 142 cm³/mol. The molecule has 0 bridgehead atoms. The molecule has 37 heavy (non-hydrogen) atoms. The predicted octanol–water partition coefficient (Wildman–Crippen LogP) is 5.99. The molecule has 1 aliphatic carbocycles. The Morgan fingerprint density at radius 3 is 2.62 bits per heavy atom. The van der Waals surface area contributed by atoms with Crippen LogP contribution in [0.1, 0.15) is 51.0 Å². The summed E-state index contributed by atoms with van der Waals surface area (Å²) in [5.41, 5.74) is 3.78. The first-order chi connectivity index (χ1) is 17.7. The molecular weight excluding hydrogens is 514 g/mol. The molecule has 1 aliphatic rings. The molecule has 0 saturated heterocycles. The minimum atomic E-state index is -0.683. The number of rotatable bonds is 5. The van der Waals surface area contributed by atoms with Crippen LogP contribution in [0.5, 0.6) is 0 Å². The lowest BCUT2D eigenvalue weighted by molar-refractivity contribution is 0.0959. The number of aryl methyl sites for hydroxylation is 2. The number of hydrogen-bond acceptors (Lipinski definition) is 4. The van der Waals surface area contributed by atoms with Crippen LogP contribution in [0.2, 0.25) is 10.0 Å². The van der Waals surface area contributed by atoms with Gasteiger partial charge in [-0.05, 0) is 79.1 Å². The van der Waals surface area contributed by atoms with Crippen molar-refractivity contribution in [1.29, 1.82) is 0 Å². The number of nitrogens with zero attached hydrogens (tertiary/aromatic N) is 3. The van der Waals surface area contributed by atoms with Gasteiger partial charge in [-0.2, -0.15) is 0 Å². The number of aromatic nitrogens is 3. The fourth-order valence-corrected chi connectivity index (χ4v) is 5.24. The van der Waals surface area contributed by atoms with E-state index in [1.54, 1.807) is 36.8 Å². The van der Waals surface area contributed by atoms with Gasteiger partial charge in [0.1, 0.15) is 10.8 Å². The molecule has 0 spiro atoms. The monoisotopic (exact) mass is 536 g/mol. The standard InChI is InChI=1S/C28H23Cl2FN4O2/c1-14-11-34-23(18-5-4-6-19(26(18)31)27(36)32-3)10-24(14)35-15(2)7-22(25(30)28(35)37)21-9-20(21)16-8-17(29)13-33-12-16/h4-8,10-13,20-21H,9H2,1-3H3,(H,32,36)/t20-,21+/m1/s1. The van der Waals surface area contributed by atoms with E-state index in [9.17, 15) is 9.59 Å². The zero-order valence-corrected chi connectivity index (χ0v) is 21.9. The zero-order chi connectivity index (χ0) is 26.4. The van der Waals surface area contributed by atoms with Crippen molar-refractivity contribution < 1.29 is 9.18 Å². The average Bonchev–Trinajstić information content (AvgIpc) is 3.68. The van der Waals surface area contributed by atoms with E-state index in [1.807, 2.05) is 26.0 Å². The number of halogens is 3. The molecule has 9 heteroatoms. The van der Waals surface area contributed by atoms with Crippen molar-refractivity contribution in [2.45, 2.75) is 32.1 Å². The molecule has 0 aliphatic heterocycles. The van der Waals surface area contributed by atoms with E-state index in [1.165, 1.54) is 17.7 Å². The lowest BCUT2D eigenvalue weighted by Gasteiger charge is -2.17. The van der Waals surface area contributed by atoms with Crippen LogP contribution in [-0.2, 0) is 0 Å². The minimum Gasteiger partial charge on any atom is -0.355 e. The largest absolute Gasteiger partial charge is 0.355 e. The first kappa shape index (κ1) is 25.1. The van der Waals surface area contributed by atoms with Crippen LogP contribution in [0.4, 0.5) is 4.39 Å². The highest BCUT2D eigenvalue weighted by Gasteiger charge is 2.42. The van der Waals surface area contributed by atoms with Gasteiger partial charge in [-0.1, -0.05) is 29.3 Å². The Hall–Kier alpha value is -3.55. The summed E-state index contributed by atoms with van der Waals surface area (Å²) < 4.78 is 16.7.